The molecule has 2 aliphatic heterocycles. The molecule has 4 aromatic carbocycles. The second kappa shape index (κ2) is 16.1. The molecule has 2 saturated heterocycles. The number of para-hydroxylation sites is 2. The number of allylic oxidation sites excluding steroid dienone is 1. The highest BCUT2D eigenvalue weighted by molar-refractivity contribution is 14.1. The standard InChI is InChI=1S/C45H40IN3O6/c1-53-40-24-28(23-37(46)43(40)50)22-29(38-14-8-9-21-47-38)15-20-39-41-30(26-54-34-12-6-3-7-13-34)25-35-42(36(41)27-55-39)45(52)49(44(35)51)33-18-16-32(17-19-33)48-31-10-4-2-5-11-31/h2-14,16-19,21-24,35-36,39,42,48,50H,15,20,25-27H2,1H3/b29-22-/t35-,36+,39-,42-/m1/s1. The van der Waals surface area contributed by atoms with E-state index in [1.807, 2.05) is 115 Å². The van der Waals surface area contributed by atoms with Crippen LogP contribution in [-0.4, -0.2) is 48.3 Å². The Balaban J connectivity index is 1.08. The molecular formula is C45H40IN3O6. The van der Waals surface area contributed by atoms with Crippen LogP contribution in [0, 0.1) is 21.3 Å². The zero-order valence-electron chi connectivity index (χ0n) is 30.2. The molecule has 0 bridgehead atoms. The number of methoxy groups -OCH3 is 1. The van der Waals surface area contributed by atoms with E-state index in [2.05, 4.69) is 39.0 Å². The number of hydrogen-bond acceptors (Lipinski definition) is 8. The van der Waals surface area contributed by atoms with Crippen LogP contribution in [0.4, 0.5) is 17.1 Å². The van der Waals surface area contributed by atoms with Crippen molar-refractivity contribution in [3.05, 3.63) is 147 Å². The van der Waals surface area contributed by atoms with Gasteiger partial charge in [-0.2, -0.15) is 0 Å². The summed E-state index contributed by atoms with van der Waals surface area (Å²) in [4.78, 5) is 34.6. The minimum absolute atomic E-state index is 0.105. The van der Waals surface area contributed by atoms with E-state index in [4.69, 9.17) is 14.2 Å². The van der Waals surface area contributed by atoms with Crippen LogP contribution in [0.1, 0.15) is 30.5 Å². The number of halogens is 1. The van der Waals surface area contributed by atoms with E-state index >= 15 is 0 Å². The number of benzene rings is 4. The van der Waals surface area contributed by atoms with Gasteiger partial charge in [0, 0.05) is 23.5 Å². The molecule has 9 nitrogen and oxygen atoms in total. The van der Waals surface area contributed by atoms with Gasteiger partial charge in [-0.05, 0) is 143 Å². The van der Waals surface area contributed by atoms with Crippen LogP contribution >= 0.6 is 22.6 Å². The monoisotopic (exact) mass is 845 g/mol. The summed E-state index contributed by atoms with van der Waals surface area (Å²) in [5.41, 5.74) is 7.17. The highest BCUT2D eigenvalue weighted by Gasteiger charge is 2.57. The van der Waals surface area contributed by atoms with Gasteiger partial charge in [-0.25, -0.2) is 0 Å². The molecule has 2 N–H and O–H groups in total. The van der Waals surface area contributed by atoms with Crippen molar-refractivity contribution in [2.75, 3.05) is 30.5 Å². The van der Waals surface area contributed by atoms with Gasteiger partial charge in [0.1, 0.15) is 12.4 Å². The number of carbonyl (C=O) groups excluding carboxylic acids is 2. The second-order valence-electron chi connectivity index (χ2n) is 14.0. The first-order chi connectivity index (χ1) is 26.9. The lowest BCUT2D eigenvalue weighted by Crippen LogP contribution is -2.35. The number of rotatable bonds is 12. The van der Waals surface area contributed by atoms with Gasteiger partial charge in [0.25, 0.3) is 0 Å². The molecule has 1 aliphatic carbocycles. The molecular weight excluding hydrogens is 805 g/mol. The van der Waals surface area contributed by atoms with Crippen molar-refractivity contribution in [3.8, 4) is 17.2 Å². The largest absolute Gasteiger partial charge is 0.504 e. The van der Waals surface area contributed by atoms with Crippen molar-refractivity contribution < 1.29 is 28.9 Å². The van der Waals surface area contributed by atoms with E-state index in [9.17, 15) is 14.7 Å². The summed E-state index contributed by atoms with van der Waals surface area (Å²) in [6, 6.07) is 36.5. The molecule has 1 aromatic heterocycles. The fourth-order valence-electron chi connectivity index (χ4n) is 8.08. The maximum absolute atomic E-state index is 14.4. The van der Waals surface area contributed by atoms with Crippen LogP contribution in [0.2, 0.25) is 0 Å². The quantitative estimate of drug-likeness (QED) is 0.0728. The fraction of sp³-hybridized carbons (Fsp3) is 0.222. The topological polar surface area (TPSA) is 110 Å². The van der Waals surface area contributed by atoms with Gasteiger partial charge in [-0.3, -0.25) is 19.5 Å². The predicted molar refractivity (Wildman–Crippen MR) is 221 cm³/mol. The van der Waals surface area contributed by atoms with Crippen molar-refractivity contribution in [1.29, 1.82) is 0 Å². The number of phenols is 1. The van der Waals surface area contributed by atoms with Gasteiger partial charge in [-0.1, -0.05) is 42.5 Å². The molecule has 4 atom stereocenters. The smallest absolute Gasteiger partial charge is 0.238 e. The molecule has 3 aliphatic rings. The number of aromatic nitrogens is 1. The van der Waals surface area contributed by atoms with E-state index < -0.39 is 11.8 Å². The normalized spacial score (nSPS) is 20.7. The third-order valence-corrected chi connectivity index (χ3v) is 11.5. The summed E-state index contributed by atoms with van der Waals surface area (Å²) >= 11 is 2.10. The number of ether oxygens (including phenoxy) is 3. The Kier molecular flexibility index (Phi) is 10.7. The van der Waals surface area contributed by atoms with Gasteiger partial charge in [0.15, 0.2) is 11.5 Å². The number of carbonyl (C=O) groups is 2. The lowest BCUT2D eigenvalue weighted by Gasteiger charge is -2.31. The summed E-state index contributed by atoms with van der Waals surface area (Å²) in [7, 11) is 1.54. The number of imide groups is 1. The number of fused-ring (bicyclic) bond motifs is 3. The zero-order chi connectivity index (χ0) is 37.9. The summed E-state index contributed by atoms with van der Waals surface area (Å²) in [6.07, 6.45) is 5.25. The Morgan fingerprint density at radius 2 is 1.65 bits per heavy atom. The van der Waals surface area contributed by atoms with Crippen molar-refractivity contribution in [2.24, 2.45) is 17.8 Å². The molecule has 278 valence electrons. The molecule has 0 radical (unpaired) electrons. The van der Waals surface area contributed by atoms with Gasteiger partial charge >= 0.3 is 0 Å². The minimum Gasteiger partial charge on any atom is -0.504 e. The third kappa shape index (κ3) is 7.61. The minimum atomic E-state index is -0.521. The molecule has 55 heavy (non-hydrogen) atoms. The Labute approximate surface area is 333 Å². The highest BCUT2D eigenvalue weighted by Crippen LogP contribution is 2.51. The Bertz CT molecular complexity index is 2250. The number of nitrogens with one attached hydrogen (secondary N) is 1. The average molecular weight is 846 g/mol. The van der Waals surface area contributed by atoms with Crippen LogP contribution in [0.5, 0.6) is 17.2 Å². The molecule has 10 heteroatoms. The zero-order valence-corrected chi connectivity index (χ0v) is 32.4. The number of nitrogens with zero attached hydrogens (tertiary/aromatic N) is 2. The fourth-order valence-corrected chi connectivity index (χ4v) is 8.70. The van der Waals surface area contributed by atoms with Gasteiger partial charge in [0.2, 0.25) is 11.8 Å². The lowest BCUT2D eigenvalue weighted by atomic mass is 9.69. The van der Waals surface area contributed by atoms with Gasteiger partial charge in [0.05, 0.1) is 46.6 Å². The predicted octanol–water partition coefficient (Wildman–Crippen LogP) is 9.06. The van der Waals surface area contributed by atoms with Crippen molar-refractivity contribution >= 4 is 63.1 Å². The number of amides is 2. The second-order valence-corrected chi connectivity index (χ2v) is 15.1. The van der Waals surface area contributed by atoms with Crippen LogP contribution in [-0.2, 0) is 14.3 Å². The van der Waals surface area contributed by atoms with E-state index in [-0.39, 0.29) is 29.6 Å². The van der Waals surface area contributed by atoms with Crippen LogP contribution in [0.25, 0.3) is 11.6 Å². The Hall–Kier alpha value is -5.46. The number of phenolic OH excluding ortho intramolecular Hbond substituents is 1. The third-order valence-electron chi connectivity index (χ3n) is 10.6. The summed E-state index contributed by atoms with van der Waals surface area (Å²) in [5.74, 6) is -0.393. The number of hydrogen-bond donors (Lipinski definition) is 2. The van der Waals surface area contributed by atoms with Crippen LogP contribution < -0.4 is 19.7 Å². The molecule has 0 spiro atoms. The van der Waals surface area contributed by atoms with E-state index in [1.54, 1.807) is 6.20 Å². The van der Waals surface area contributed by atoms with Gasteiger partial charge in [-0.15, -0.1) is 0 Å². The molecule has 8 rings (SSSR count). The van der Waals surface area contributed by atoms with E-state index in [0.717, 1.165) is 45.1 Å². The summed E-state index contributed by atoms with van der Waals surface area (Å²) in [5, 5.41) is 13.8. The Morgan fingerprint density at radius 3 is 2.38 bits per heavy atom. The maximum Gasteiger partial charge on any atom is 0.238 e. The average Bonchev–Trinajstić information content (AvgIpc) is 3.75. The highest BCUT2D eigenvalue weighted by atomic mass is 127. The number of anilines is 3. The molecule has 2 fully saturated rings. The molecule has 2 amide bonds. The lowest BCUT2D eigenvalue weighted by molar-refractivity contribution is -0.122. The van der Waals surface area contributed by atoms with E-state index in [0.29, 0.717) is 47.5 Å². The van der Waals surface area contributed by atoms with Gasteiger partial charge < -0.3 is 24.6 Å². The van der Waals surface area contributed by atoms with Crippen molar-refractivity contribution in [2.45, 2.75) is 25.4 Å². The number of pyridine rings is 1. The SMILES string of the molecule is COc1cc(/C=C(/CC[C@H]2OC[C@H]3C2=C(COc2ccccc2)C[C@H]2C(=O)N(c4ccc(Nc5ccccc5)cc4)C(=O)[C@H]23)c2ccccn2)cc(I)c1O. The van der Waals surface area contributed by atoms with Crippen molar-refractivity contribution in [1.82, 2.24) is 4.98 Å². The first kappa shape index (κ1) is 36.5. The van der Waals surface area contributed by atoms with Crippen LogP contribution in [0.3, 0.4) is 0 Å². The Morgan fingerprint density at radius 1 is 0.927 bits per heavy atom. The first-order valence-electron chi connectivity index (χ1n) is 18.4. The molecule has 0 saturated carbocycles. The number of aromatic hydroxyl groups is 1. The summed E-state index contributed by atoms with van der Waals surface area (Å²) < 4.78 is 19.0. The molecule has 5 aromatic rings. The van der Waals surface area contributed by atoms with E-state index in [1.165, 1.54) is 12.0 Å². The maximum atomic E-state index is 14.4. The van der Waals surface area contributed by atoms with Crippen LogP contribution in [0.15, 0.2) is 133 Å². The molecule has 0 unspecified atom stereocenters. The first-order valence-corrected chi connectivity index (χ1v) is 19.5. The van der Waals surface area contributed by atoms with Crippen molar-refractivity contribution in [3.63, 3.8) is 0 Å². The summed E-state index contributed by atoms with van der Waals surface area (Å²) in [6.45, 7) is 0.647. The molecule has 3 heterocycles.